The number of unbranched alkanes of at least 4 members (excludes halogenated alkanes) is 24. The number of hydrogen-bond acceptors (Lipinski definition) is 12. The van der Waals surface area contributed by atoms with Crippen molar-refractivity contribution < 1.29 is 48.8 Å². The van der Waals surface area contributed by atoms with Gasteiger partial charge in [-0.2, -0.15) is 12.6 Å². The lowest BCUT2D eigenvalue weighted by Crippen LogP contribution is -2.76. The van der Waals surface area contributed by atoms with Crippen LogP contribution in [0, 0.1) is 0 Å². The highest BCUT2D eigenvalue weighted by Crippen LogP contribution is 2.39. The number of esters is 2. The normalized spacial score (nSPS) is 13.7. The van der Waals surface area contributed by atoms with Crippen LogP contribution in [0.15, 0.2) is 0 Å². The zero-order valence-electron chi connectivity index (χ0n) is 36.5. The van der Waals surface area contributed by atoms with Gasteiger partial charge in [0.1, 0.15) is 6.04 Å². The Morgan fingerprint density at radius 3 is 1.14 bits per heavy atom. The Kier molecular flexibility index (Phi) is 33.1. The first kappa shape index (κ1) is 55.7. The SMILES string of the molecule is CCCCCCCCCCCCCCCC(=O)OC(O)(OC(=O)CCCCCCCCCCCCCCC)C(CCC)(C(=O)O)N(C(=O)C(N)CO)C(=O)C(N)CS. The fourth-order valence-electron chi connectivity index (χ4n) is 7.26. The highest BCUT2D eigenvalue weighted by molar-refractivity contribution is 7.80. The van der Waals surface area contributed by atoms with E-state index in [0.29, 0.717) is 25.7 Å². The monoisotopic (exact) mass is 846 g/mol. The zero-order chi connectivity index (χ0) is 43.7. The molecule has 0 radical (unpaired) electrons. The number of carboxylic acids is 1. The summed E-state index contributed by atoms with van der Waals surface area (Å²) in [5.41, 5.74) is 8.54. The molecule has 0 saturated heterocycles. The molecule has 0 aliphatic rings. The summed E-state index contributed by atoms with van der Waals surface area (Å²) in [5.74, 6) is -11.0. The minimum Gasteiger partial charge on any atom is -0.479 e. The van der Waals surface area contributed by atoms with Crippen molar-refractivity contribution in [3.05, 3.63) is 0 Å². The van der Waals surface area contributed by atoms with Gasteiger partial charge in [0.2, 0.25) is 11.8 Å². The maximum atomic E-state index is 13.7. The van der Waals surface area contributed by atoms with Crippen LogP contribution < -0.4 is 11.5 Å². The lowest BCUT2D eigenvalue weighted by atomic mass is 9.86. The number of amides is 2. The Balaban J connectivity index is 5.86. The van der Waals surface area contributed by atoms with Crippen LogP contribution in [0.4, 0.5) is 0 Å². The summed E-state index contributed by atoms with van der Waals surface area (Å²) in [6, 6.07) is -3.42. The number of ether oxygens (including phenoxy) is 2. The highest BCUT2D eigenvalue weighted by Gasteiger charge is 2.69. The maximum absolute atomic E-state index is 13.7. The number of carboxylic acid groups (broad SMARTS) is 1. The van der Waals surface area contributed by atoms with Crippen LogP contribution in [0.25, 0.3) is 0 Å². The predicted octanol–water partition coefficient (Wildman–Crippen LogP) is 8.24. The van der Waals surface area contributed by atoms with E-state index in [1.54, 1.807) is 0 Å². The summed E-state index contributed by atoms with van der Waals surface area (Å²) in [6.07, 6.45) is 26.4. The first-order valence-corrected chi connectivity index (χ1v) is 23.5. The molecule has 340 valence electrons. The molecule has 58 heavy (non-hydrogen) atoms. The van der Waals surface area contributed by atoms with E-state index in [-0.39, 0.29) is 29.9 Å². The molecule has 0 aromatic carbocycles. The van der Waals surface area contributed by atoms with E-state index in [9.17, 15) is 39.3 Å². The summed E-state index contributed by atoms with van der Waals surface area (Å²) >= 11 is 4.03. The molecular formula is C44H83N3O10S. The van der Waals surface area contributed by atoms with Gasteiger partial charge in [0.15, 0.2) is 0 Å². The van der Waals surface area contributed by atoms with Crippen molar-refractivity contribution in [3.8, 4) is 0 Å². The molecule has 3 unspecified atom stereocenters. The first-order chi connectivity index (χ1) is 27.8. The summed E-state index contributed by atoms with van der Waals surface area (Å²) in [5, 5.41) is 32.8. The van der Waals surface area contributed by atoms with E-state index in [1.807, 2.05) is 0 Å². The van der Waals surface area contributed by atoms with Gasteiger partial charge in [0.05, 0.1) is 12.6 Å². The number of nitrogens with two attached hydrogens (primary N) is 2. The van der Waals surface area contributed by atoms with Gasteiger partial charge in [-0.15, -0.1) is 0 Å². The predicted molar refractivity (Wildman–Crippen MR) is 232 cm³/mol. The molecule has 3 atom stereocenters. The summed E-state index contributed by atoms with van der Waals surface area (Å²) in [4.78, 5) is 67.7. The van der Waals surface area contributed by atoms with Gasteiger partial charge in [0, 0.05) is 18.6 Å². The standard InChI is InChI=1S/C44H83N3O10S/c1-4-7-9-11-13-15-17-19-21-23-25-27-29-31-38(49)56-44(55,57-39(50)32-30-28-26-24-22-20-18-16-14-12-10-8-5-2)43(33-6-3,42(53)54)47(40(51)36(45)34-48)41(52)37(46)35-58/h36-37,48,55,58H,4-35,45-46H2,1-3H3,(H,53,54). The van der Waals surface area contributed by atoms with E-state index >= 15 is 0 Å². The summed E-state index contributed by atoms with van der Waals surface area (Å²) in [7, 11) is 0. The lowest BCUT2D eigenvalue weighted by molar-refractivity contribution is -0.367. The average Bonchev–Trinajstić information content (AvgIpc) is 3.19. The fraction of sp³-hybridized carbons (Fsp3) is 0.886. The molecule has 0 fully saturated rings. The number of carbonyl (C=O) groups is 5. The Hall–Kier alpha value is -2.26. The van der Waals surface area contributed by atoms with Gasteiger partial charge in [-0.1, -0.05) is 181 Å². The van der Waals surface area contributed by atoms with Crippen molar-refractivity contribution >= 4 is 42.4 Å². The third-order valence-corrected chi connectivity index (χ3v) is 11.2. The number of hydrogen-bond donors (Lipinski definition) is 6. The maximum Gasteiger partial charge on any atom is 0.410 e. The number of carbonyl (C=O) groups excluding carboxylic acids is 4. The van der Waals surface area contributed by atoms with Gasteiger partial charge in [0.25, 0.3) is 5.54 Å². The molecular weight excluding hydrogens is 763 g/mol. The number of rotatable bonds is 39. The number of imide groups is 1. The first-order valence-electron chi connectivity index (χ1n) is 22.8. The van der Waals surface area contributed by atoms with Crippen LogP contribution in [0.5, 0.6) is 0 Å². The van der Waals surface area contributed by atoms with E-state index in [1.165, 1.54) is 96.8 Å². The Bertz CT molecular complexity index is 1060. The minimum absolute atomic E-state index is 0.0809. The third kappa shape index (κ3) is 21.8. The molecule has 13 nitrogen and oxygen atoms in total. The average molecular weight is 846 g/mol. The molecule has 2 amide bonds. The quantitative estimate of drug-likeness (QED) is 0.0149. The number of aliphatic hydroxyl groups excluding tert-OH is 1. The van der Waals surface area contributed by atoms with Gasteiger partial charge in [-0.05, 0) is 19.3 Å². The van der Waals surface area contributed by atoms with Crippen molar-refractivity contribution in [2.75, 3.05) is 12.4 Å². The number of aliphatic hydroxyl groups is 2. The Morgan fingerprint density at radius 1 is 0.552 bits per heavy atom. The smallest absolute Gasteiger partial charge is 0.410 e. The second-order valence-electron chi connectivity index (χ2n) is 16.0. The number of nitrogens with zero attached hydrogens (tertiary/aromatic N) is 1. The minimum atomic E-state index is -3.67. The molecule has 0 aliphatic heterocycles. The summed E-state index contributed by atoms with van der Waals surface area (Å²) in [6.45, 7) is 4.92. The number of aliphatic carboxylic acids is 1. The fourth-order valence-corrected chi connectivity index (χ4v) is 7.41. The van der Waals surface area contributed by atoms with Crippen LogP contribution in [0.3, 0.4) is 0 Å². The van der Waals surface area contributed by atoms with Crippen molar-refractivity contribution in [2.45, 2.75) is 237 Å². The topological polar surface area (TPSA) is 220 Å². The van der Waals surface area contributed by atoms with E-state index in [4.69, 9.17) is 20.9 Å². The number of thiol groups is 1. The van der Waals surface area contributed by atoms with Crippen molar-refractivity contribution in [1.29, 1.82) is 0 Å². The largest absolute Gasteiger partial charge is 0.479 e. The molecule has 0 aromatic heterocycles. The van der Waals surface area contributed by atoms with Gasteiger partial charge >= 0.3 is 23.9 Å². The van der Waals surface area contributed by atoms with E-state index in [0.717, 1.165) is 51.4 Å². The van der Waals surface area contributed by atoms with E-state index in [2.05, 4.69) is 26.5 Å². The van der Waals surface area contributed by atoms with Crippen LogP contribution in [0.2, 0.25) is 0 Å². The van der Waals surface area contributed by atoms with Gasteiger partial charge in [-0.3, -0.25) is 24.1 Å². The summed E-state index contributed by atoms with van der Waals surface area (Å²) < 4.78 is 10.8. The van der Waals surface area contributed by atoms with Gasteiger partial charge < -0.3 is 36.3 Å². The van der Waals surface area contributed by atoms with Crippen LogP contribution in [-0.2, 0) is 33.4 Å². The molecule has 14 heteroatoms. The van der Waals surface area contributed by atoms with Crippen LogP contribution in [-0.4, -0.2) is 85.9 Å². The molecule has 0 spiro atoms. The van der Waals surface area contributed by atoms with Crippen LogP contribution in [0.1, 0.15) is 213 Å². The van der Waals surface area contributed by atoms with Gasteiger partial charge in [-0.25, -0.2) is 4.79 Å². The zero-order valence-corrected chi connectivity index (χ0v) is 37.4. The van der Waals surface area contributed by atoms with E-state index < -0.39 is 66.3 Å². The van der Waals surface area contributed by atoms with Crippen molar-refractivity contribution in [3.63, 3.8) is 0 Å². The van der Waals surface area contributed by atoms with Crippen molar-refractivity contribution in [1.82, 2.24) is 4.90 Å². The molecule has 7 N–H and O–H groups in total. The molecule has 0 heterocycles. The molecule has 0 aliphatic carbocycles. The second-order valence-corrected chi connectivity index (χ2v) is 16.4. The van der Waals surface area contributed by atoms with Crippen LogP contribution >= 0.6 is 12.6 Å². The van der Waals surface area contributed by atoms with Crippen molar-refractivity contribution in [2.24, 2.45) is 11.5 Å². The second kappa shape index (κ2) is 34.5. The molecule has 0 rings (SSSR count). The Labute approximate surface area is 355 Å². The third-order valence-electron chi connectivity index (χ3n) is 10.8. The molecule has 0 bridgehead atoms. The lowest BCUT2D eigenvalue weighted by Gasteiger charge is -2.47. The molecule has 0 aromatic rings. The Morgan fingerprint density at radius 2 is 0.862 bits per heavy atom. The molecule has 0 saturated carbocycles. The highest BCUT2D eigenvalue weighted by atomic mass is 32.1.